The second-order valence-electron chi connectivity index (χ2n) is 13.8. The fourth-order valence-corrected chi connectivity index (χ4v) is 7.14. The van der Waals surface area contributed by atoms with Crippen LogP contribution in [0.1, 0.15) is 114 Å². The fourth-order valence-electron chi connectivity index (χ4n) is 7.14. The summed E-state index contributed by atoms with van der Waals surface area (Å²) in [6.45, 7) is 13.3. The van der Waals surface area contributed by atoms with Crippen LogP contribution in [-0.4, -0.2) is 37.4 Å². The summed E-state index contributed by atoms with van der Waals surface area (Å²) < 4.78 is 40.8. The van der Waals surface area contributed by atoms with E-state index in [0.717, 1.165) is 50.0 Å². The highest BCUT2D eigenvalue weighted by molar-refractivity contribution is 5.87. The maximum atomic E-state index is 15.4. The van der Waals surface area contributed by atoms with Gasteiger partial charge in [-0.15, -0.1) is 6.58 Å². The van der Waals surface area contributed by atoms with Gasteiger partial charge < -0.3 is 14.6 Å². The highest BCUT2D eigenvalue weighted by Crippen LogP contribution is 2.41. The van der Waals surface area contributed by atoms with Crippen molar-refractivity contribution in [3.05, 3.63) is 83.5 Å². The zero-order valence-electron chi connectivity index (χ0n) is 28.6. The van der Waals surface area contributed by atoms with Gasteiger partial charge in [0.1, 0.15) is 11.6 Å². The Balaban J connectivity index is 0.00000142. The molecule has 2 aromatic rings. The molecule has 2 aliphatic rings. The van der Waals surface area contributed by atoms with Crippen molar-refractivity contribution in [2.75, 3.05) is 19.8 Å². The van der Waals surface area contributed by atoms with Gasteiger partial charge in [0.15, 0.2) is 0 Å². The quantitative estimate of drug-likeness (QED) is 0.0952. The minimum absolute atomic E-state index is 0.0248. The summed E-state index contributed by atoms with van der Waals surface area (Å²) >= 11 is 0. The number of aliphatic hydroxyl groups is 1. The van der Waals surface area contributed by atoms with Crippen molar-refractivity contribution in [1.29, 1.82) is 0 Å². The number of allylic oxidation sites excluding steroid dienone is 1. The van der Waals surface area contributed by atoms with Crippen LogP contribution in [0.2, 0.25) is 0 Å². The minimum atomic E-state index is -0.665. The number of carbonyl (C=O) groups excluding carboxylic acids is 2. The lowest BCUT2D eigenvalue weighted by Crippen LogP contribution is -2.24. The molecule has 1 unspecified atom stereocenters. The molecule has 0 heterocycles. The Labute approximate surface area is 280 Å². The summed E-state index contributed by atoms with van der Waals surface area (Å²) in [7, 11) is 0. The smallest absolute Gasteiger partial charge is 0.335 e. The maximum Gasteiger partial charge on any atom is 0.335 e. The predicted octanol–water partition coefficient (Wildman–Crippen LogP) is 9.83. The van der Waals surface area contributed by atoms with Crippen LogP contribution in [0.15, 0.2) is 60.7 Å². The van der Waals surface area contributed by atoms with Crippen molar-refractivity contribution in [3.8, 4) is 11.1 Å². The van der Waals surface area contributed by atoms with Gasteiger partial charge in [-0.25, -0.2) is 13.6 Å². The van der Waals surface area contributed by atoms with Crippen LogP contribution in [-0.2, 0) is 19.1 Å². The average Bonchev–Trinajstić information content (AvgIpc) is 3.06. The van der Waals surface area contributed by atoms with Gasteiger partial charge >= 0.3 is 5.97 Å². The summed E-state index contributed by atoms with van der Waals surface area (Å²) in [6.07, 6.45) is 11.2. The molecule has 1 N–H and O–H groups in total. The number of hydrogen-bond donors (Lipinski definition) is 1. The van der Waals surface area contributed by atoms with Gasteiger partial charge in [0.2, 0.25) is 0 Å². The van der Waals surface area contributed by atoms with Crippen LogP contribution >= 0.6 is 0 Å². The number of esters is 1. The minimum Gasteiger partial charge on any atom is -0.467 e. The number of halogens is 2. The van der Waals surface area contributed by atoms with E-state index in [1.165, 1.54) is 37.3 Å². The first kappa shape index (κ1) is 38.1. The number of ether oxygens (including phenoxy) is 2. The number of aliphatic hydroxyl groups excluding tert-OH is 1. The third-order valence-corrected chi connectivity index (χ3v) is 9.60. The van der Waals surface area contributed by atoms with Crippen LogP contribution in [0.25, 0.3) is 11.1 Å². The molecule has 5 nitrogen and oxygen atoms in total. The van der Waals surface area contributed by atoms with E-state index in [-0.39, 0.29) is 42.3 Å². The van der Waals surface area contributed by atoms with E-state index in [0.29, 0.717) is 41.4 Å². The Hall–Kier alpha value is -3.32. The van der Waals surface area contributed by atoms with Gasteiger partial charge in [0.25, 0.3) is 6.47 Å². The summed E-state index contributed by atoms with van der Waals surface area (Å²) in [5.74, 6) is 0.186. The normalized spacial score (nSPS) is 21.5. The van der Waals surface area contributed by atoms with Crippen LogP contribution in [0.4, 0.5) is 8.78 Å². The van der Waals surface area contributed by atoms with Gasteiger partial charge in [-0.3, -0.25) is 4.79 Å². The summed E-state index contributed by atoms with van der Waals surface area (Å²) in [6, 6.07) is 10.6. The molecule has 0 aliphatic heterocycles. The molecule has 4 rings (SSSR count). The van der Waals surface area contributed by atoms with E-state index in [1.54, 1.807) is 6.07 Å². The highest BCUT2D eigenvalue weighted by atomic mass is 19.1. The van der Waals surface area contributed by atoms with Crippen LogP contribution < -0.4 is 0 Å². The van der Waals surface area contributed by atoms with Gasteiger partial charge in [0, 0.05) is 11.5 Å². The predicted molar refractivity (Wildman–Crippen MR) is 184 cm³/mol. The zero-order valence-corrected chi connectivity index (χ0v) is 28.6. The second-order valence-corrected chi connectivity index (χ2v) is 13.8. The third kappa shape index (κ3) is 12.0. The zero-order chi connectivity index (χ0) is 34.3. The Kier molecular flexibility index (Phi) is 15.8. The molecular weight excluding hydrogens is 598 g/mol. The topological polar surface area (TPSA) is 72.8 Å². The van der Waals surface area contributed by atoms with Crippen LogP contribution in [0, 0.1) is 29.4 Å². The van der Waals surface area contributed by atoms with Crippen LogP contribution in [0.3, 0.4) is 0 Å². The van der Waals surface area contributed by atoms with Gasteiger partial charge in [-0.1, -0.05) is 56.2 Å². The summed E-state index contributed by atoms with van der Waals surface area (Å²) in [5.41, 5.74) is 3.86. The average molecular weight is 653 g/mol. The Morgan fingerprint density at radius 2 is 1.55 bits per heavy atom. The molecule has 2 saturated carbocycles. The van der Waals surface area contributed by atoms with Crippen molar-refractivity contribution in [2.45, 2.75) is 103 Å². The van der Waals surface area contributed by atoms with Crippen molar-refractivity contribution in [2.24, 2.45) is 17.8 Å². The molecule has 1 atom stereocenters. The van der Waals surface area contributed by atoms with E-state index in [9.17, 15) is 9.59 Å². The van der Waals surface area contributed by atoms with Crippen molar-refractivity contribution >= 4 is 12.4 Å². The largest absolute Gasteiger partial charge is 0.467 e. The SMILES string of the molecule is C=C(C)C.C=C(CO)C(=O)OCC(COC=O)CC1CCC(c2ccc(-c3ccc(C4CCC(CCC)CC4)cc3F)cc2F)CC1. The molecule has 2 fully saturated rings. The molecule has 0 aromatic heterocycles. The van der Waals surface area contributed by atoms with Gasteiger partial charge in [-0.2, -0.15) is 0 Å². The van der Waals surface area contributed by atoms with E-state index in [2.05, 4.69) is 20.1 Å². The first-order chi connectivity index (χ1) is 22.6. The number of carbonyl (C=O) groups is 2. The number of benzene rings is 2. The van der Waals surface area contributed by atoms with E-state index in [4.69, 9.17) is 14.6 Å². The molecule has 0 bridgehead atoms. The lowest BCUT2D eigenvalue weighted by atomic mass is 9.75. The first-order valence-corrected chi connectivity index (χ1v) is 17.3. The van der Waals surface area contributed by atoms with E-state index >= 15 is 8.78 Å². The van der Waals surface area contributed by atoms with Gasteiger partial charge in [-0.05, 0) is 124 Å². The van der Waals surface area contributed by atoms with Crippen molar-refractivity contribution < 1.29 is 33.0 Å². The van der Waals surface area contributed by atoms with Crippen molar-refractivity contribution in [1.82, 2.24) is 0 Å². The molecule has 2 aliphatic carbocycles. The molecular formula is C40H54F2O5. The molecule has 0 radical (unpaired) electrons. The molecule has 7 heteroatoms. The highest BCUT2D eigenvalue weighted by Gasteiger charge is 2.28. The molecule has 47 heavy (non-hydrogen) atoms. The molecule has 2 aromatic carbocycles. The molecule has 0 saturated heterocycles. The lowest BCUT2D eigenvalue weighted by Gasteiger charge is -2.31. The summed E-state index contributed by atoms with van der Waals surface area (Å²) in [4.78, 5) is 22.6. The maximum absolute atomic E-state index is 15.4. The Morgan fingerprint density at radius 3 is 2.13 bits per heavy atom. The molecule has 0 spiro atoms. The third-order valence-electron chi connectivity index (χ3n) is 9.60. The Bertz CT molecular complexity index is 1320. The Morgan fingerprint density at radius 1 is 0.915 bits per heavy atom. The second kappa shape index (κ2) is 19.5. The van der Waals surface area contributed by atoms with E-state index < -0.39 is 12.6 Å². The van der Waals surface area contributed by atoms with Gasteiger partial charge in [0.05, 0.1) is 25.4 Å². The molecule has 0 amide bonds. The monoisotopic (exact) mass is 652 g/mol. The standard InChI is InChI=1S/C36H46F2O5.C4H8/c1-3-4-25-5-9-28(10-6-25)30-13-15-33(34(37)18-30)31-14-16-32(35(38)19-31)29-11-7-26(8-12-29)17-27(21-42-23-40)22-43-36(41)24(2)20-39;1-4(2)3/h13-16,18-19,23,25-29,39H,2-12,17,20-22H2,1H3;1H2,2-3H3. The number of hydrogen-bond acceptors (Lipinski definition) is 5. The summed E-state index contributed by atoms with van der Waals surface area (Å²) in [5, 5.41) is 9.06. The molecule has 258 valence electrons. The van der Waals surface area contributed by atoms with Crippen LogP contribution in [0.5, 0.6) is 0 Å². The fraction of sp³-hybridized carbons (Fsp3) is 0.550. The van der Waals surface area contributed by atoms with E-state index in [1.807, 2.05) is 38.1 Å². The first-order valence-electron chi connectivity index (χ1n) is 17.3. The van der Waals surface area contributed by atoms with Crippen molar-refractivity contribution in [3.63, 3.8) is 0 Å². The number of rotatable bonds is 14. The lowest BCUT2D eigenvalue weighted by molar-refractivity contribution is -0.142.